The summed E-state index contributed by atoms with van der Waals surface area (Å²) in [6, 6.07) is 6.70. The van der Waals surface area contributed by atoms with Crippen LogP contribution in [0.4, 0.5) is 0 Å². The van der Waals surface area contributed by atoms with E-state index in [0.717, 1.165) is 18.4 Å². The zero-order chi connectivity index (χ0) is 15.9. The number of ether oxygens (including phenoxy) is 1. The smallest absolute Gasteiger partial charge is 0.335 e. The number of amides is 1. The topological polar surface area (TPSA) is 66.8 Å². The lowest BCUT2D eigenvalue weighted by Crippen LogP contribution is -2.45. The van der Waals surface area contributed by atoms with Gasteiger partial charge >= 0.3 is 5.97 Å². The molecule has 0 aromatic heterocycles. The number of carbonyl (C=O) groups excluding carboxylic acids is 1. The van der Waals surface area contributed by atoms with Gasteiger partial charge in [0.25, 0.3) is 0 Å². The number of rotatable bonds is 6. The molecule has 1 atom stereocenters. The van der Waals surface area contributed by atoms with Crippen molar-refractivity contribution in [1.29, 1.82) is 0 Å². The Morgan fingerprint density at radius 3 is 2.68 bits per heavy atom. The van der Waals surface area contributed by atoms with Gasteiger partial charge in [0.15, 0.2) is 0 Å². The molecular weight excluding hydrogens is 282 g/mol. The molecule has 1 aliphatic heterocycles. The molecule has 1 amide bonds. The van der Waals surface area contributed by atoms with Crippen LogP contribution in [0, 0.1) is 0 Å². The van der Waals surface area contributed by atoms with Gasteiger partial charge in [-0.05, 0) is 30.5 Å². The fourth-order valence-corrected chi connectivity index (χ4v) is 2.67. The lowest BCUT2D eigenvalue weighted by Gasteiger charge is -2.33. The molecular formula is C17H23NO4. The summed E-state index contributed by atoms with van der Waals surface area (Å²) in [5.41, 5.74) is 1.25. The number of morpholine rings is 1. The van der Waals surface area contributed by atoms with Gasteiger partial charge in [0, 0.05) is 19.5 Å². The van der Waals surface area contributed by atoms with Gasteiger partial charge in [-0.3, -0.25) is 4.79 Å². The first-order valence-electron chi connectivity index (χ1n) is 7.81. The van der Waals surface area contributed by atoms with Crippen LogP contribution in [0.1, 0.15) is 42.1 Å². The Hall–Kier alpha value is -1.88. The van der Waals surface area contributed by atoms with E-state index in [9.17, 15) is 9.59 Å². The number of carboxylic acid groups (broad SMARTS) is 1. The minimum atomic E-state index is -0.932. The molecule has 0 spiro atoms. The van der Waals surface area contributed by atoms with E-state index in [4.69, 9.17) is 9.84 Å². The Morgan fingerprint density at radius 1 is 1.32 bits per heavy atom. The fourth-order valence-electron chi connectivity index (χ4n) is 2.67. The number of hydrogen-bond acceptors (Lipinski definition) is 3. The van der Waals surface area contributed by atoms with Crippen molar-refractivity contribution in [3.63, 3.8) is 0 Å². The molecule has 0 bridgehead atoms. The van der Waals surface area contributed by atoms with Gasteiger partial charge in [-0.1, -0.05) is 25.5 Å². The Bertz CT molecular complexity index is 510. The first-order valence-corrected chi connectivity index (χ1v) is 7.81. The molecule has 2 rings (SSSR count). The second kappa shape index (κ2) is 7.94. The van der Waals surface area contributed by atoms with E-state index in [-0.39, 0.29) is 17.6 Å². The van der Waals surface area contributed by atoms with E-state index in [0.29, 0.717) is 32.5 Å². The summed E-state index contributed by atoms with van der Waals surface area (Å²) >= 11 is 0. The minimum absolute atomic E-state index is 0.145. The van der Waals surface area contributed by atoms with Crippen molar-refractivity contribution in [3.05, 3.63) is 35.4 Å². The summed E-state index contributed by atoms with van der Waals surface area (Å²) in [6.45, 7) is 4.08. The Kier molecular flexibility index (Phi) is 5.95. The summed E-state index contributed by atoms with van der Waals surface area (Å²) < 4.78 is 5.65. The van der Waals surface area contributed by atoms with Gasteiger partial charge in [0.2, 0.25) is 5.91 Å². The molecule has 1 aromatic rings. The van der Waals surface area contributed by atoms with Gasteiger partial charge in [0.1, 0.15) is 0 Å². The molecule has 0 radical (unpaired) electrons. The van der Waals surface area contributed by atoms with E-state index in [1.807, 2.05) is 4.90 Å². The maximum Gasteiger partial charge on any atom is 0.335 e. The molecule has 22 heavy (non-hydrogen) atoms. The third kappa shape index (κ3) is 4.56. The quantitative estimate of drug-likeness (QED) is 0.876. The largest absolute Gasteiger partial charge is 0.478 e. The molecule has 5 nitrogen and oxygen atoms in total. The number of hydrogen-bond donors (Lipinski definition) is 1. The molecule has 1 heterocycles. The van der Waals surface area contributed by atoms with Crippen LogP contribution in [0.5, 0.6) is 0 Å². The number of aromatic carboxylic acids is 1. The normalized spacial score (nSPS) is 18.2. The molecule has 0 aliphatic carbocycles. The molecule has 1 aliphatic rings. The predicted molar refractivity (Wildman–Crippen MR) is 83.0 cm³/mol. The lowest BCUT2D eigenvalue weighted by atomic mass is 10.1. The standard InChI is InChI=1S/C17H23NO4/c1-2-3-15-12-18(10-11-22-15)16(19)9-6-13-4-7-14(8-5-13)17(20)21/h4-5,7-8,15H,2-3,6,9-12H2,1H3,(H,20,21). The second-order valence-corrected chi connectivity index (χ2v) is 5.62. The average Bonchev–Trinajstić information content (AvgIpc) is 2.53. The van der Waals surface area contributed by atoms with Crippen LogP contribution in [-0.4, -0.2) is 47.7 Å². The molecule has 1 saturated heterocycles. The van der Waals surface area contributed by atoms with E-state index in [2.05, 4.69) is 6.92 Å². The molecule has 0 saturated carbocycles. The summed E-state index contributed by atoms with van der Waals surface area (Å²) in [6.07, 6.45) is 3.29. The highest BCUT2D eigenvalue weighted by molar-refractivity contribution is 5.87. The first-order chi connectivity index (χ1) is 10.6. The Balaban J connectivity index is 1.83. The fraction of sp³-hybridized carbons (Fsp3) is 0.529. The van der Waals surface area contributed by atoms with Gasteiger partial charge in [-0.25, -0.2) is 4.79 Å². The average molecular weight is 305 g/mol. The second-order valence-electron chi connectivity index (χ2n) is 5.62. The predicted octanol–water partition coefficient (Wildman–Crippen LogP) is 2.34. The molecule has 120 valence electrons. The maximum absolute atomic E-state index is 12.3. The molecule has 1 fully saturated rings. The minimum Gasteiger partial charge on any atom is -0.478 e. The molecule has 5 heteroatoms. The van der Waals surface area contributed by atoms with Crippen molar-refractivity contribution in [1.82, 2.24) is 4.90 Å². The van der Waals surface area contributed by atoms with Crippen molar-refractivity contribution in [2.45, 2.75) is 38.7 Å². The first kappa shape index (κ1) is 16.5. The number of benzene rings is 1. The van der Waals surface area contributed by atoms with Crippen LogP contribution in [0.15, 0.2) is 24.3 Å². The van der Waals surface area contributed by atoms with Crippen molar-refractivity contribution < 1.29 is 19.4 Å². The molecule has 1 aromatic carbocycles. The van der Waals surface area contributed by atoms with Gasteiger partial charge in [-0.15, -0.1) is 0 Å². The van der Waals surface area contributed by atoms with Crippen LogP contribution in [-0.2, 0) is 16.0 Å². The third-order valence-electron chi connectivity index (χ3n) is 3.93. The summed E-state index contributed by atoms with van der Waals surface area (Å²) in [5.74, 6) is -0.787. The summed E-state index contributed by atoms with van der Waals surface area (Å²) in [7, 11) is 0. The highest BCUT2D eigenvalue weighted by Crippen LogP contribution is 2.13. The van der Waals surface area contributed by atoms with Crippen LogP contribution >= 0.6 is 0 Å². The summed E-state index contributed by atoms with van der Waals surface area (Å²) in [4.78, 5) is 25.0. The van der Waals surface area contributed by atoms with Gasteiger partial charge < -0.3 is 14.7 Å². The monoisotopic (exact) mass is 305 g/mol. The number of nitrogens with zero attached hydrogens (tertiary/aromatic N) is 1. The molecule has 1 N–H and O–H groups in total. The Morgan fingerprint density at radius 2 is 2.05 bits per heavy atom. The Labute approximate surface area is 130 Å². The summed E-state index contributed by atoms with van der Waals surface area (Å²) in [5, 5.41) is 8.86. The number of carbonyl (C=O) groups is 2. The van der Waals surface area contributed by atoms with E-state index in [1.165, 1.54) is 0 Å². The third-order valence-corrected chi connectivity index (χ3v) is 3.93. The van der Waals surface area contributed by atoms with Crippen molar-refractivity contribution >= 4 is 11.9 Å². The van der Waals surface area contributed by atoms with Crippen LogP contribution in [0.3, 0.4) is 0 Å². The highest BCUT2D eigenvalue weighted by atomic mass is 16.5. The van der Waals surface area contributed by atoms with Crippen molar-refractivity contribution in [2.75, 3.05) is 19.7 Å². The maximum atomic E-state index is 12.3. The number of carboxylic acids is 1. The lowest BCUT2D eigenvalue weighted by molar-refractivity contribution is -0.139. The zero-order valence-electron chi connectivity index (χ0n) is 13.0. The molecule has 1 unspecified atom stereocenters. The van der Waals surface area contributed by atoms with Crippen LogP contribution < -0.4 is 0 Å². The van der Waals surface area contributed by atoms with Gasteiger partial charge in [0.05, 0.1) is 18.3 Å². The van der Waals surface area contributed by atoms with E-state index >= 15 is 0 Å². The van der Waals surface area contributed by atoms with Crippen LogP contribution in [0.25, 0.3) is 0 Å². The highest BCUT2D eigenvalue weighted by Gasteiger charge is 2.23. The van der Waals surface area contributed by atoms with Crippen molar-refractivity contribution in [3.8, 4) is 0 Å². The van der Waals surface area contributed by atoms with Crippen molar-refractivity contribution in [2.24, 2.45) is 0 Å². The SMILES string of the molecule is CCCC1CN(C(=O)CCc2ccc(C(=O)O)cc2)CCO1. The van der Waals surface area contributed by atoms with Gasteiger partial charge in [-0.2, -0.15) is 0 Å². The van der Waals surface area contributed by atoms with Crippen LogP contribution in [0.2, 0.25) is 0 Å². The van der Waals surface area contributed by atoms with E-state index < -0.39 is 5.97 Å². The zero-order valence-corrected chi connectivity index (χ0v) is 13.0. The van der Waals surface area contributed by atoms with E-state index in [1.54, 1.807) is 24.3 Å². The number of aryl methyl sites for hydroxylation is 1.